The van der Waals surface area contributed by atoms with Crippen molar-refractivity contribution in [2.24, 2.45) is 5.10 Å². The molecular weight excluding hydrogens is 391 g/mol. The quantitative estimate of drug-likeness (QED) is 0.604. The Bertz CT molecular complexity index is 735. The highest BCUT2D eigenvalue weighted by molar-refractivity contribution is 9.10. The van der Waals surface area contributed by atoms with Gasteiger partial charge in [0.2, 0.25) is 0 Å². The number of benzene rings is 2. The van der Waals surface area contributed by atoms with Crippen LogP contribution in [-0.2, 0) is 0 Å². The Kier molecular flexibility index (Phi) is 5.83. The predicted molar refractivity (Wildman–Crippen MR) is 92.2 cm³/mol. The van der Waals surface area contributed by atoms with Crippen LogP contribution in [0, 0.1) is 0 Å². The van der Waals surface area contributed by atoms with Gasteiger partial charge in [-0.2, -0.15) is 5.10 Å². The summed E-state index contributed by atoms with van der Waals surface area (Å²) in [6.07, 6.45) is 1.50. The number of hydrogen-bond acceptors (Lipinski definition) is 3. The Balaban J connectivity index is 2.10. The van der Waals surface area contributed by atoms with Gasteiger partial charge in [0, 0.05) is 15.6 Å². The van der Waals surface area contributed by atoms with Crippen LogP contribution < -0.4 is 10.2 Å². The molecule has 2 rings (SSSR count). The van der Waals surface area contributed by atoms with E-state index < -0.39 is 0 Å². The van der Waals surface area contributed by atoms with Gasteiger partial charge in [-0.15, -0.1) is 0 Å². The second kappa shape index (κ2) is 7.63. The molecule has 22 heavy (non-hydrogen) atoms. The van der Waals surface area contributed by atoms with Crippen molar-refractivity contribution in [2.75, 3.05) is 7.11 Å². The first-order valence-corrected chi connectivity index (χ1v) is 7.68. The molecule has 0 spiro atoms. The van der Waals surface area contributed by atoms with Crippen LogP contribution in [0.2, 0.25) is 10.0 Å². The van der Waals surface area contributed by atoms with Crippen molar-refractivity contribution in [3.05, 3.63) is 62.0 Å². The van der Waals surface area contributed by atoms with E-state index in [1.165, 1.54) is 12.3 Å². The molecule has 4 nitrogen and oxygen atoms in total. The summed E-state index contributed by atoms with van der Waals surface area (Å²) in [4.78, 5) is 12.0. The molecule has 0 saturated carbocycles. The first-order valence-electron chi connectivity index (χ1n) is 6.13. The minimum Gasteiger partial charge on any atom is -0.496 e. The molecule has 0 aromatic heterocycles. The van der Waals surface area contributed by atoms with Gasteiger partial charge >= 0.3 is 0 Å². The molecule has 2 aromatic carbocycles. The second-order valence-electron chi connectivity index (χ2n) is 4.21. The highest BCUT2D eigenvalue weighted by Gasteiger charge is 2.07. The van der Waals surface area contributed by atoms with Gasteiger partial charge in [-0.25, -0.2) is 5.43 Å². The van der Waals surface area contributed by atoms with Gasteiger partial charge in [-0.05, 0) is 36.4 Å². The first-order chi connectivity index (χ1) is 10.5. The molecule has 0 aliphatic heterocycles. The zero-order chi connectivity index (χ0) is 16.1. The highest BCUT2D eigenvalue weighted by atomic mass is 79.9. The fourth-order valence-electron chi connectivity index (χ4n) is 1.67. The number of nitrogens with one attached hydrogen (secondary N) is 1. The molecule has 0 heterocycles. The third kappa shape index (κ3) is 4.22. The van der Waals surface area contributed by atoms with E-state index in [0.29, 0.717) is 21.4 Å². The molecule has 1 N–H and O–H groups in total. The van der Waals surface area contributed by atoms with Gasteiger partial charge in [0.25, 0.3) is 5.91 Å². The topological polar surface area (TPSA) is 50.7 Å². The molecule has 0 fully saturated rings. The van der Waals surface area contributed by atoms with Crippen LogP contribution in [0.1, 0.15) is 15.9 Å². The van der Waals surface area contributed by atoms with Gasteiger partial charge in [-0.1, -0.05) is 39.1 Å². The summed E-state index contributed by atoms with van der Waals surface area (Å²) in [6, 6.07) is 10.1. The van der Waals surface area contributed by atoms with Crippen LogP contribution in [0.25, 0.3) is 0 Å². The average Bonchev–Trinajstić information content (AvgIpc) is 2.50. The third-order valence-corrected chi connectivity index (χ3v) is 3.98. The lowest BCUT2D eigenvalue weighted by molar-refractivity contribution is 0.0955. The lowest BCUT2D eigenvalue weighted by Crippen LogP contribution is -2.17. The van der Waals surface area contributed by atoms with Crippen LogP contribution in [-0.4, -0.2) is 19.2 Å². The molecule has 0 radical (unpaired) electrons. The maximum atomic E-state index is 12.0. The van der Waals surface area contributed by atoms with Crippen LogP contribution in [0.3, 0.4) is 0 Å². The van der Waals surface area contributed by atoms with E-state index in [1.807, 2.05) is 12.1 Å². The summed E-state index contributed by atoms with van der Waals surface area (Å²) in [5, 5.41) is 4.62. The molecule has 7 heteroatoms. The number of halogens is 3. The summed E-state index contributed by atoms with van der Waals surface area (Å²) in [6.45, 7) is 0. The molecule has 2 aromatic rings. The SMILES string of the molecule is COc1ccc(Br)cc1/C=N\NC(=O)c1ccc(Cl)c(Cl)c1. The van der Waals surface area contributed by atoms with Crippen LogP contribution in [0.5, 0.6) is 5.75 Å². The van der Waals surface area contributed by atoms with Crippen LogP contribution >= 0.6 is 39.1 Å². The molecule has 0 aliphatic rings. The predicted octanol–water partition coefficient (Wildman–Crippen LogP) is 4.53. The average molecular weight is 402 g/mol. The zero-order valence-electron chi connectivity index (χ0n) is 11.4. The minimum absolute atomic E-state index is 0.312. The standard InChI is InChI=1S/C15H11BrCl2N2O2/c1-22-14-5-3-11(16)6-10(14)8-19-20-15(21)9-2-4-12(17)13(18)7-9/h2-8H,1H3,(H,20,21)/b19-8-. The Morgan fingerprint density at radius 2 is 2.00 bits per heavy atom. The van der Waals surface area contributed by atoms with Crippen LogP contribution in [0.4, 0.5) is 0 Å². The van der Waals surface area contributed by atoms with Gasteiger partial charge in [0.1, 0.15) is 5.75 Å². The number of nitrogens with zero attached hydrogens (tertiary/aromatic N) is 1. The van der Waals surface area contributed by atoms with E-state index >= 15 is 0 Å². The van der Waals surface area contributed by atoms with Crippen molar-refractivity contribution in [2.45, 2.75) is 0 Å². The van der Waals surface area contributed by atoms with E-state index in [9.17, 15) is 4.79 Å². The van der Waals surface area contributed by atoms with Gasteiger partial charge < -0.3 is 4.74 Å². The first kappa shape index (κ1) is 16.8. The van der Waals surface area contributed by atoms with Crippen molar-refractivity contribution in [1.29, 1.82) is 0 Å². The van der Waals surface area contributed by atoms with E-state index in [4.69, 9.17) is 27.9 Å². The monoisotopic (exact) mass is 400 g/mol. The Labute approximate surface area is 146 Å². The molecule has 114 valence electrons. The fourth-order valence-corrected chi connectivity index (χ4v) is 2.35. The van der Waals surface area contributed by atoms with E-state index in [-0.39, 0.29) is 5.91 Å². The lowest BCUT2D eigenvalue weighted by Gasteiger charge is -2.05. The maximum Gasteiger partial charge on any atom is 0.271 e. The molecule has 0 saturated heterocycles. The Hall–Kier alpha value is -1.56. The number of hydrazone groups is 1. The number of carbonyl (C=O) groups is 1. The number of carbonyl (C=O) groups excluding carboxylic acids is 1. The van der Waals surface area contributed by atoms with E-state index in [1.54, 1.807) is 25.3 Å². The van der Waals surface area contributed by atoms with Crippen LogP contribution in [0.15, 0.2) is 46.0 Å². The Morgan fingerprint density at radius 1 is 1.23 bits per heavy atom. The summed E-state index contributed by atoms with van der Waals surface area (Å²) >= 11 is 15.0. The number of rotatable bonds is 4. The molecule has 0 aliphatic carbocycles. The molecule has 0 unspecified atom stereocenters. The smallest absolute Gasteiger partial charge is 0.271 e. The lowest BCUT2D eigenvalue weighted by atomic mass is 10.2. The maximum absolute atomic E-state index is 12.0. The van der Waals surface area contributed by atoms with Crippen molar-refractivity contribution in [3.63, 3.8) is 0 Å². The number of ether oxygens (including phenoxy) is 1. The normalized spacial score (nSPS) is 10.7. The second-order valence-corrected chi connectivity index (χ2v) is 5.94. The van der Waals surface area contributed by atoms with E-state index in [2.05, 4.69) is 26.5 Å². The fraction of sp³-hybridized carbons (Fsp3) is 0.0667. The van der Waals surface area contributed by atoms with Gasteiger partial charge in [0.05, 0.1) is 23.4 Å². The van der Waals surface area contributed by atoms with Gasteiger partial charge in [0.15, 0.2) is 0 Å². The van der Waals surface area contributed by atoms with Crippen molar-refractivity contribution in [1.82, 2.24) is 5.43 Å². The number of methoxy groups -OCH3 is 1. The minimum atomic E-state index is -0.385. The summed E-state index contributed by atoms with van der Waals surface area (Å²) in [7, 11) is 1.56. The van der Waals surface area contributed by atoms with E-state index in [0.717, 1.165) is 10.0 Å². The third-order valence-electron chi connectivity index (χ3n) is 2.74. The molecular formula is C15H11BrCl2N2O2. The summed E-state index contributed by atoms with van der Waals surface area (Å²) in [5.74, 6) is 0.263. The van der Waals surface area contributed by atoms with Crippen molar-refractivity contribution < 1.29 is 9.53 Å². The number of hydrogen-bond donors (Lipinski definition) is 1. The van der Waals surface area contributed by atoms with Gasteiger partial charge in [-0.3, -0.25) is 4.79 Å². The molecule has 0 bridgehead atoms. The number of amides is 1. The zero-order valence-corrected chi connectivity index (χ0v) is 14.5. The Morgan fingerprint density at radius 3 is 2.68 bits per heavy atom. The summed E-state index contributed by atoms with van der Waals surface area (Å²) < 4.78 is 6.09. The molecule has 1 amide bonds. The highest BCUT2D eigenvalue weighted by Crippen LogP contribution is 2.23. The van der Waals surface area contributed by atoms with Crippen molar-refractivity contribution >= 4 is 51.3 Å². The molecule has 0 atom stereocenters. The summed E-state index contributed by atoms with van der Waals surface area (Å²) in [5.41, 5.74) is 3.52. The van der Waals surface area contributed by atoms with Crippen molar-refractivity contribution in [3.8, 4) is 5.75 Å². The largest absolute Gasteiger partial charge is 0.496 e.